The van der Waals surface area contributed by atoms with E-state index < -0.39 is 0 Å². The molecule has 3 heteroatoms. The number of thioether (sulfide) groups is 1. The molecular weight excluding hydrogens is 194 g/mol. The summed E-state index contributed by atoms with van der Waals surface area (Å²) in [5.41, 5.74) is 0. The second kappa shape index (κ2) is 5.64. The molecule has 1 fully saturated rings. The maximum absolute atomic E-state index is 11.6. The van der Waals surface area contributed by atoms with Gasteiger partial charge in [-0.05, 0) is 30.3 Å². The first-order valence-electron chi connectivity index (χ1n) is 5.42. The molecule has 2 nitrogen and oxygen atoms in total. The molecule has 1 heterocycles. The number of amides is 1. The van der Waals surface area contributed by atoms with Crippen LogP contribution in [0, 0.1) is 11.8 Å². The van der Waals surface area contributed by atoms with Crippen LogP contribution < -0.4 is 0 Å². The van der Waals surface area contributed by atoms with Crippen LogP contribution in [0.2, 0.25) is 0 Å². The van der Waals surface area contributed by atoms with E-state index in [-0.39, 0.29) is 0 Å². The second-order valence-electron chi connectivity index (χ2n) is 4.39. The summed E-state index contributed by atoms with van der Waals surface area (Å²) in [4.78, 5) is 13.6. The van der Waals surface area contributed by atoms with Crippen molar-refractivity contribution in [3.05, 3.63) is 0 Å². The van der Waals surface area contributed by atoms with Crippen molar-refractivity contribution >= 4 is 17.7 Å². The summed E-state index contributed by atoms with van der Waals surface area (Å²) >= 11 is 1.86. The fourth-order valence-electron chi connectivity index (χ4n) is 1.87. The van der Waals surface area contributed by atoms with Crippen LogP contribution in [0.1, 0.15) is 26.7 Å². The van der Waals surface area contributed by atoms with Gasteiger partial charge in [-0.25, -0.2) is 0 Å². The normalized spacial score (nSPS) is 22.4. The molecule has 14 heavy (non-hydrogen) atoms. The van der Waals surface area contributed by atoms with Crippen LogP contribution in [-0.2, 0) is 4.79 Å². The Morgan fingerprint density at radius 2 is 2.29 bits per heavy atom. The van der Waals surface area contributed by atoms with E-state index in [1.807, 2.05) is 16.7 Å². The number of nitrogens with zero attached hydrogens (tertiary/aromatic N) is 1. The lowest BCUT2D eigenvalue weighted by Crippen LogP contribution is -2.27. The SMILES string of the molecule is CSCCCN1CC(C(C)C)CC1=O. The van der Waals surface area contributed by atoms with Gasteiger partial charge in [-0.3, -0.25) is 4.79 Å². The maximum Gasteiger partial charge on any atom is 0.222 e. The van der Waals surface area contributed by atoms with Gasteiger partial charge in [0.15, 0.2) is 0 Å². The van der Waals surface area contributed by atoms with Gasteiger partial charge >= 0.3 is 0 Å². The largest absolute Gasteiger partial charge is 0.342 e. The van der Waals surface area contributed by atoms with Crippen LogP contribution in [0.3, 0.4) is 0 Å². The van der Waals surface area contributed by atoms with Crippen LogP contribution in [0.5, 0.6) is 0 Å². The van der Waals surface area contributed by atoms with Crippen LogP contribution in [-0.4, -0.2) is 35.9 Å². The monoisotopic (exact) mass is 215 g/mol. The van der Waals surface area contributed by atoms with Gasteiger partial charge in [-0.1, -0.05) is 13.8 Å². The van der Waals surface area contributed by atoms with Crippen molar-refractivity contribution in [1.82, 2.24) is 4.90 Å². The molecule has 0 aromatic carbocycles. The lowest BCUT2D eigenvalue weighted by Gasteiger charge is -2.17. The molecular formula is C11H21NOS. The number of likely N-dealkylation sites (tertiary alicyclic amines) is 1. The zero-order valence-corrected chi connectivity index (χ0v) is 10.3. The Morgan fingerprint density at radius 1 is 1.57 bits per heavy atom. The topological polar surface area (TPSA) is 20.3 Å². The molecule has 0 saturated carbocycles. The van der Waals surface area contributed by atoms with Crippen molar-refractivity contribution in [1.29, 1.82) is 0 Å². The van der Waals surface area contributed by atoms with E-state index in [4.69, 9.17) is 0 Å². The minimum atomic E-state index is 0.366. The summed E-state index contributed by atoms with van der Waals surface area (Å²) in [7, 11) is 0. The fraction of sp³-hybridized carbons (Fsp3) is 0.909. The molecule has 1 saturated heterocycles. The van der Waals surface area contributed by atoms with Crippen molar-refractivity contribution < 1.29 is 4.79 Å². The van der Waals surface area contributed by atoms with Gasteiger partial charge < -0.3 is 4.90 Å². The summed E-state index contributed by atoms with van der Waals surface area (Å²) in [5, 5.41) is 0. The highest BCUT2D eigenvalue weighted by Crippen LogP contribution is 2.24. The predicted molar refractivity (Wildman–Crippen MR) is 62.5 cm³/mol. The lowest BCUT2D eigenvalue weighted by atomic mass is 9.95. The third-order valence-electron chi connectivity index (χ3n) is 2.96. The van der Waals surface area contributed by atoms with Crippen LogP contribution in [0.4, 0.5) is 0 Å². The first-order chi connectivity index (χ1) is 6.65. The predicted octanol–water partition coefficient (Wildman–Crippen LogP) is 2.24. The molecule has 0 spiro atoms. The molecule has 0 radical (unpaired) electrons. The summed E-state index contributed by atoms with van der Waals surface area (Å²) in [5.74, 6) is 2.77. The Kier molecular flexibility index (Phi) is 4.79. The van der Waals surface area contributed by atoms with Gasteiger partial charge in [0.05, 0.1) is 0 Å². The highest BCUT2D eigenvalue weighted by molar-refractivity contribution is 7.98. The third kappa shape index (κ3) is 3.19. The minimum absolute atomic E-state index is 0.366. The van der Waals surface area contributed by atoms with E-state index >= 15 is 0 Å². The van der Waals surface area contributed by atoms with Gasteiger partial charge in [0.2, 0.25) is 5.91 Å². The minimum Gasteiger partial charge on any atom is -0.342 e. The molecule has 0 aromatic rings. The average molecular weight is 215 g/mol. The highest BCUT2D eigenvalue weighted by Gasteiger charge is 2.30. The number of carbonyl (C=O) groups excluding carboxylic acids is 1. The molecule has 0 N–H and O–H groups in total. The highest BCUT2D eigenvalue weighted by atomic mass is 32.2. The van der Waals surface area contributed by atoms with Crippen molar-refractivity contribution in [3.63, 3.8) is 0 Å². The van der Waals surface area contributed by atoms with Gasteiger partial charge in [-0.15, -0.1) is 0 Å². The number of carbonyl (C=O) groups is 1. The van der Waals surface area contributed by atoms with E-state index in [2.05, 4.69) is 20.1 Å². The summed E-state index contributed by atoms with van der Waals surface area (Å²) < 4.78 is 0. The zero-order valence-electron chi connectivity index (χ0n) is 9.45. The van der Waals surface area contributed by atoms with E-state index in [0.717, 1.165) is 31.7 Å². The summed E-state index contributed by atoms with van der Waals surface area (Å²) in [6.45, 7) is 6.38. The molecule has 1 unspecified atom stereocenters. The van der Waals surface area contributed by atoms with Gasteiger partial charge in [0.25, 0.3) is 0 Å². The maximum atomic E-state index is 11.6. The molecule has 1 amide bonds. The summed E-state index contributed by atoms with van der Waals surface area (Å²) in [6, 6.07) is 0. The molecule has 0 aromatic heterocycles. The quantitative estimate of drug-likeness (QED) is 0.656. The van der Waals surface area contributed by atoms with E-state index in [1.165, 1.54) is 0 Å². The molecule has 0 bridgehead atoms. The van der Waals surface area contributed by atoms with Crippen molar-refractivity contribution in [2.75, 3.05) is 25.1 Å². The molecule has 1 rings (SSSR count). The first-order valence-corrected chi connectivity index (χ1v) is 6.81. The Morgan fingerprint density at radius 3 is 2.79 bits per heavy atom. The van der Waals surface area contributed by atoms with Crippen LogP contribution in [0.25, 0.3) is 0 Å². The lowest BCUT2D eigenvalue weighted by molar-refractivity contribution is -0.127. The van der Waals surface area contributed by atoms with E-state index in [0.29, 0.717) is 17.7 Å². The number of hydrogen-bond acceptors (Lipinski definition) is 2. The number of rotatable bonds is 5. The van der Waals surface area contributed by atoms with Crippen molar-refractivity contribution in [2.24, 2.45) is 11.8 Å². The first kappa shape index (κ1) is 11.9. The van der Waals surface area contributed by atoms with Crippen LogP contribution in [0.15, 0.2) is 0 Å². The molecule has 1 aliphatic heterocycles. The van der Waals surface area contributed by atoms with E-state index in [9.17, 15) is 4.79 Å². The molecule has 82 valence electrons. The van der Waals surface area contributed by atoms with Gasteiger partial charge in [0, 0.05) is 19.5 Å². The smallest absolute Gasteiger partial charge is 0.222 e. The molecule has 1 atom stereocenters. The van der Waals surface area contributed by atoms with E-state index in [1.54, 1.807) is 0 Å². The average Bonchev–Trinajstić information content (AvgIpc) is 2.49. The third-order valence-corrected chi connectivity index (χ3v) is 3.66. The standard InChI is InChI=1S/C11H21NOS/c1-9(2)10-7-11(13)12(8-10)5-4-6-14-3/h9-10H,4-8H2,1-3H3. The van der Waals surface area contributed by atoms with Crippen molar-refractivity contribution in [2.45, 2.75) is 26.7 Å². The fourth-order valence-corrected chi connectivity index (χ4v) is 2.28. The molecule has 0 aliphatic carbocycles. The Labute approximate surface area is 91.4 Å². The Hall–Kier alpha value is -0.180. The Balaban J connectivity index is 2.30. The van der Waals surface area contributed by atoms with Gasteiger partial charge in [-0.2, -0.15) is 11.8 Å². The summed E-state index contributed by atoms with van der Waals surface area (Å²) in [6.07, 6.45) is 4.03. The Bertz CT molecular complexity index is 194. The van der Waals surface area contributed by atoms with Gasteiger partial charge in [0.1, 0.15) is 0 Å². The molecule has 1 aliphatic rings. The van der Waals surface area contributed by atoms with Crippen molar-refractivity contribution in [3.8, 4) is 0 Å². The zero-order chi connectivity index (χ0) is 10.6. The number of hydrogen-bond donors (Lipinski definition) is 0. The second-order valence-corrected chi connectivity index (χ2v) is 5.38. The van der Waals surface area contributed by atoms with Crippen LogP contribution >= 0.6 is 11.8 Å².